The van der Waals surface area contributed by atoms with Gasteiger partial charge in [0.1, 0.15) is 12.4 Å². The lowest BCUT2D eigenvalue weighted by Crippen LogP contribution is -1.99. The van der Waals surface area contributed by atoms with Crippen molar-refractivity contribution in [1.29, 1.82) is 0 Å². The lowest BCUT2D eigenvalue weighted by atomic mass is 10.1. The maximum atomic E-state index is 5.84. The van der Waals surface area contributed by atoms with E-state index in [2.05, 4.69) is 15.3 Å². The highest BCUT2D eigenvalue weighted by molar-refractivity contribution is 7.71. The number of aromatic nitrogens is 3. The number of ether oxygens (including phenoxy) is 4. The van der Waals surface area contributed by atoms with Gasteiger partial charge in [0.15, 0.2) is 17.3 Å². The number of rotatable bonds is 9. The van der Waals surface area contributed by atoms with Crippen LogP contribution in [0.15, 0.2) is 71.8 Å². The molecule has 4 aromatic rings. The minimum Gasteiger partial charge on any atom is -0.493 e. The van der Waals surface area contributed by atoms with Gasteiger partial charge in [-0.25, -0.2) is 5.10 Å². The second-order valence-corrected chi connectivity index (χ2v) is 7.55. The first-order chi connectivity index (χ1) is 16.6. The minimum atomic E-state index is 0.350. The zero-order valence-electron chi connectivity index (χ0n) is 19.0. The summed E-state index contributed by atoms with van der Waals surface area (Å²) in [5.41, 5.74) is 2.69. The highest BCUT2D eigenvalue weighted by Crippen LogP contribution is 2.40. The minimum absolute atomic E-state index is 0.350. The van der Waals surface area contributed by atoms with E-state index in [1.54, 1.807) is 39.7 Å². The highest BCUT2D eigenvalue weighted by atomic mass is 32.1. The van der Waals surface area contributed by atoms with Crippen molar-refractivity contribution in [1.82, 2.24) is 14.9 Å². The Kier molecular flexibility index (Phi) is 7.24. The summed E-state index contributed by atoms with van der Waals surface area (Å²) in [5, 5.41) is 11.6. The lowest BCUT2D eigenvalue weighted by Gasteiger charge is -2.13. The molecule has 0 radical (unpaired) electrons. The number of nitrogens with zero attached hydrogens (tertiary/aromatic N) is 3. The number of methoxy groups -OCH3 is 3. The Balaban J connectivity index is 1.55. The summed E-state index contributed by atoms with van der Waals surface area (Å²) in [4.78, 5) is 0. The third-order valence-electron chi connectivity index (χ3n) is 5.02. The molecule has 9 heteroatoms. The quantitative estimate of drug-likeness (QED) is 0.268. The van der Waals surface area contributed by atoms with Crippen LogP contribution in [0, 0.1) is 4.77 Å². The summed E-state index contributed by atoms with van der Waals surface area (Å²) < 4.78 is 24.0. The molecule has 0 atom stereocenters. The standard InChI is InChI=1S/C25H24N4O4S/c1-30-21-13-19(14-22(31-2)23(21)32-3)24-27-28-25(34)29(24)26-15-17-9-11-20(12-10-17)33-16-18-7-5-4-6-8-18/h4-15H,16H2,1-3H3,(H,28,34)/b26-15-. The van der Waals surface area contributed by atoms with E-state index >= 15 is 0 Å². The topological polar surface area (TPSA) is 82.9 Å². The van der Waals surface area contributed by atoms with Crippen molar-refractivity contribution in [3.05, 3.63) is 82.6 Å². The van der Waals surface area contributed by atoms with Crippen LogP contribution >= 0.6 is 12.2 Å². The van der Waals surface area contributed by atoms with Crippen LogP contribution in [0.25, 0.3) is 11.4 Å². The van der Waals surface area contributed by atoms with Gasteiger partial charge in [-0.15, -0.1) is 0 Å². The zero-order chi connectivity index (χ0) is 23.9. The van der Waals surface area contributed by atoms with E-state index < -0.39 is 0 Å². The number of hydrogen-bond acceptors (Lipinski definition) is 7. The Labute approximate surface area is 202 Å². The van der Waals surface area contributed by atoms with Crippen LogP contribution in [0.5, 0.6) is 23.0 Å². The summed E-state index contributed by atoms with van der Waals surface area (Å²) in [7, 11) is 4.67. The fourth-order valence-corrected chi connectivity index (χ4v) is 3.49. The number of nitrogens with one attached hydrogen (secondary N) is 1. The van der Waals surface area contributed by atoms with Crippen molar-refractivity contribution in [3.8, 4) is 34.4 Å². The molecule has 1 heterocycles. The molecule has 0 saturated heterocycles. The summed E-state index contributed by atoms with van der Waals surface area (Å²) in [6, 6.07) is 21.3. The maximum Gasteiger partial charge on any atom is 0.216 e. The van der Waals surface area contributed by atoms with Gasteiger partial charge in [-0.2, -0.15) is 14.9 Å². The monoisotopic (exact) mass is 476 g/mol. The van der Waals surface area contributed by atoms with E-state index in [1.165, 1.54) is 4.68 Å². The molecule has 0 amide bonds. The molecule has 174 valence electrons. The molecule has 1 aromatic heterocycles. The largest absolute Gasteiger partial charge is 0.493 e. The van der Waals surface area contributed by atoms with Crippen molar-refractivity contribution >= 4 is 18.4 Å². The first-order valence-electron chi connectivity index (χ1n) is 10.4. The number of H-pyrrole nitrogens is 1. The van der Waals surface area contributed by atoms with Crippen LogP contribution in [-0.4, -0.2) is 42.4 Å². The van der Waals surface area contributed by atoms with E-state index in [9.17, 15) is 0 Å². The predicted molar refractivity (Wildman–Crippen MR) is 133 cm³/mol. The molecule has 34 heavy (non-hydrogen) atoms. The zero-order valence-corrected chi connectivity index (χ0v) is 19.8. The summed E-state index contributed by atoms with van der Waals surface area (Å²) in [5.74, 6) is 2.79. The molecule has 0 aliphatic heterocycles. The second-order valence-electron chi connectivity index (χ2n) is 7.17. The van der Waals surface area contributed by atoms with Crippen LogP contribution in [0.4, 0.5) is 0 Å². The van der Waals surface area contributed by atoms with Gasteiger partial charge in [0.05, 0.1) is 27.5 Å². The van der Waals surface area contributed by atoms with Gasteiger partial charge in [-0.1, -0.05) is 30.3 Å². The third kappa shape index (κ3) is 5.10. The van der Waals surface area contributed by atoms with Crippen molar-refractivity contribution in [2.75, 3.05) is 21.3 Å². The summed E-state index contributed by atoms with van der Waals surface area (Å²) in [6.45, 7) is 0.511. The van der Waals surface area contributed by atoms with Gasteiger partial charge in [0.2, 0.25) is 10.5 Å². The van der Waals surface area contributed by atoms with Crippen LogP contribution in [-0.2, 0) is 6.61 Å². The van der Waals surface area contributed by atoms with Gasteiger partial charge in [0, 0.05) is 5.56 Å². The Morgan fingerprint density at radius 3 is 2.24 bits per heavy atom. The molecule has 0 saturated carbocycles. The third-order valence-corrected chi connectivity index (χ3v) is 5.29. The maximum absolute atomic E-state index is 5.84. The molecular formula is C25H24N4O4S. The molecule has 0 fully saturated rings. The second kappa shape index (κ2) is 10.7. The number of aromatic amines is 1. The van der Waals surface area contributed by atoms with Crippen molar-refractivity contribution in [2.45, 2.75) is 6.61 Å². The first-order valence-corrected chi connectivity index (χ1v) is 10.8. The van der Waals surface area contributed by atoms with Crippen molar-refractivity contribution in [3.63, 3.8) is 0 Å². The molecule has 1 N–H and O–H groups in total. The van der Waals surface area contributed by atoms with Crippen LogP contribution < -0.4 is 18.9 Å². The highest BCUT2D eigenvalue weighted by Gasteiger charge is 2.17. The Morgan fingerprint density at radius 2 is 1.62 bits per heavy atom. The van der Waals surface area contributed by atoms with Crippen LogP contribution in [0.1, 0.15) is 11.1 Å². The van der Waals surface area contributed by atoms with Crippen molar-refractivity contribution < 1.29 is 18.9 Å². The van der Waals surface area contributed by atoms with Gasteiger partial charge < -0.3 is 18.9 Å². The molecule has 0 spiro atoms. The Bertz CT molecular complexity index is 1310. The van der Waals surface area contributed by atoms with Crippen molar-refractivity contribution in [2.24, 2.45) is 5.10 Å². The van der Waals surface area contributed by atoms with E-state index in [-0.39, 0.29) is 0 Å². The van der Waals surface area contributed by atoms with E-state index in [4.69, 9.17) is 31.2 Å². The molecule has 0 unspecified atom stereocenters. The molecule has 0 aliphatic carbocycles. The number of benzene rings is 3. The van der Waals surface area contributed by atoms with Crippen LogP contribution in [0.2, 0.25) is 0 Å². The molecule has 4 rings (SSSR count). The number of hydrogen-bond donors (Lipinski definition) is 1. The molecular weight excluding hydrogens is 452 g/mol. The molecule has 0 bridgehead atoms. The average molecular weight is 477 g/mol. The predicted octanol–water partition coefficient (Wildman–Crippen LogP) is 5.09. The fourth-order valence-electron chi connectivity index (χ4n) is 3.31. The van der Waals surface area contributed by atoms with E-state index in [0.29, 0.717) is 40.0 Å². The van der Waals surface area contributed by atoms with Gasteiger partial charge in [0.25, 0.3) is 0 Å². The lowest BCUT2D eigenvalue weighted by molar-refractivity contribution is 0.306. The van der Waals surface area contributed by atoms with Gasteiger partial charge >= 0.3 is 0 Å². The normalized spacial score (nSPS) is 10.9. The Hall–Kier alpha value is -4.11. The summed E-state index contributed by atoms with van der Waals surface area (Å²) >= 11 is 5.38. The first kappa shape index (κ1) is 23.1. The molecule has 8 nitrogen and oxygen atoms in total. The average Bonchev–Trinajstić information content (AvgIpc) is 3.26. The molecule has 3 aromatic carbocycles. The smallest absolute Gasteiger partial charge is 0.216 e. The Morgan fingerprint density at radius 1 is 0.941 bits per heavy atom. The van der Waals surface area contributed by atoms with Gasteiger partial charge in [-0.05, 0) is 59.7 Å². The van der Waals surface area contributed by atoms with E-state index in [0.717, 1.165) is 16.9 Å². The summed E-state index contributed by atoms with van der Waals surface area (Å²) in [6.07, 6.45) is 1.70. The molecule has 0 aliphatic rings. The van der Waals surface area contributed by atoms with Gasteiger partial charge in [-0.3, -0.25) is 0 Å². The SMILES string of the molecule is COc1cc(-c2n[nH]c(=S)n2/N=C\c2ccc(OCc3ccccc3)cc2)cc(OC)c1OC. The van der Waals surface area contributed by atoms with E-state index in [1.807, 2.05) is 54.6 Å². The van der Waals surface area contributed by atoms with Crippen LogP contribution in [0.3, 0.4) is 0 Å². The fraction of sp³-hybridized carbons (Fsp3) is 0.160.